The van der Waals surface area contributed by atoms with Gasteiger partial charge in [-0.3, -0.25) is 20.0 Å². The summed E-state index contributed by atoms with van der Waals surface area (Å²) >= 11 is 12.1. The van der Waals surface area contributed by atoms with Crippen molar-refractivity contribution in [1.82, 2.24) is 20.0 Å². The highest BCUT2D eigenvalue weighted by Crippen LogP contribution is 2.35. The summed E-state index contributed by atoms with van der Waals surface area (Å²) in [6, 6.07) is 12.4. The largest absolute Gasteiger partial charge is 0.497 e. The second kappa shape index (κ2) is 11.0. The van der Waals surface area contributed by atoms with Crippen molar-refractivity contribution < 1.29 is 22.8 Å². The van der Waals surface area contributed by atoms with Gasteiger partial charge in [0.25, 0.3) is 5.91 Å². The monoisotopic (exact) mass is 580 g/mol. The summed E-state index contributed by atoms with van der Waals surface area (Å²) in [5.41, 5.74) is 3.54. The zero-order valence-electron chi connectivity index (χ0n) is 21.0. The molecule has 12 heteroatoms. The van der Waals surface area contributed by atoms with Gasteiger partial charge in [-0.15, -0.1) is 0 Å². The summed E-state index contributed by atoms with van der Waals surface area (Å²) in [6.07, 6.45) is 3.42. The summed E-state index contributed by atoms with van der Waals surface area (Å²) in [5, 5.41) is 3.52. The van der Waals surface area contributed by atoms with E-state index in [0.717, 1.165) is 37.4 Å². The van der Waals surface area contributed by atoms with Gasteiger partial charge in [-0.05, 0) is 61.2 Å². The molecule has 1 amide bonds. The number of amides is 1. The first-order chi connectivity index (χ1) is 18.2. The minimum absolute atomic E-state index is 0.0132. The van der Waals surface area contributed by atoms with E-state index in [4.69, 9.17) is 32.8 Å². The molecule has 2 N–H and O–H groups in total. The zero-order valence-corrected chi connectivity index (χ0v) is 23.3. The van der Waals surface area contributed by atoms with E-state index in [-0.39, 0.29) is 35.0 Å². The number of nitrogens with zero attached hydrogens (tertiary/aromatic N) is 2. The minimum atomic E-state index is -3.81. The molecule has 3 aliphatic heterocycles. The smallest absolute Gasteiger partial charge is 0.269 e. The Morgan fingerprint density at radius 1 is 1.18 bits per heavy atom. The van der Waals surface area contributed by atoms with Gasteiger partial charge >= 0.3 is 0 Å². The first-order valence-corrected chi connectivity index (χ1v) is 14.7. The lowest BCUT2D eigenvalue weighted by Gasteiger charge is -2.36. The van der Waals surface area contributed by atoms with Crippen LogP contribution in [0, 0.1) is 0 Å². The van der Waals surface area contributed by atoms with Crippen molar-refractivity contribution in [2.24, 2.45) is 0 Å². The lowest BCUT2D eigenvalue weighted by atomic mass is 9.92. The van der Waals surface area contributed by atoms with Crippen LogP contribution in [0.2, 0.25) is 10.0 Å². The number of hydroxylamine groups is 1. The van der Waals surface area contributed by atoms with E-state index in [1.807, 2.05) is 18.2 Å². The van der Waals surface area contributed by atoms with Crippen LogP contribution in [-0.4, -0.2) is 68.5 Å². The molecular formula is C26H30Cl2N4O5S. The molecule has 38 heavy (non-hydrogen) atoms. The highest BCUT2D eigenvalue weighted by atomic mass is 35.5. The van der Waals surface area contributed by atoms with E-state index < -0.39 is 15.6 Å². The number of halogens is 2. The zero-order chi connectivity index (χ0) is 26.9. The summed E-state index contributed by atoms with van der Waals surface area (Å²) in [6.45, 7) is 2.87. The molecule has 1 unspecified atom stereocenters. The summed E-state index contributed by atoms with van der Waals surface area (Å²) < 4.78 is 33.0. The van der Waals surface area contributed by atoms with Crippen LogP contribution in [0.4, 0.5) is 0 Å². The van der Waals surface area contributed by atoms with Crippen LogP contribution in [0.25, 0.3) is 0 Å². The number of sulfonamides is 1. The van der Waals surface area contributed by atoms with Gasteiger partial charge < -0.3 is 10.1 Å². The summed E-state index contributed by atoms with van der Waals surface area (Å²) in [5.74, 6) is 0.604. The van der Waals surface area contributed by atoms with Gasteiger partial charge in [0.2, 0.25) is 10.0 Å². The third kappa shape index (κ3) is 5.80. The van der Waals surface area contributed by atoms with Crippen molar-refractivity contribution in [2.45, 2.75) is 42.3 Å². The second-order valence-corrected chi connectivity index (χ2v) is 12.6. The number of nitrogens with one attached hydrogen (secondary N) is 2. The van der Waals surface area contributed by atoms with Crippen LogP contribution in [0.15, 0.2) is 59.1 Å². The average molecular weight is 582 g/mol. The molecule has 5 rings (SSSR count). The number of hydrogen-bond donors (Lipinski definition) is 2. The SMILES string of the molecule is COc1cccc(CN2CCC(NC(=O)C3=CC4(CCN(S(=O)(=O)c5cc(Cl)ccc5Cl)CC4)ON3)C2)c1. The van der Waals surface area contributed by atoms with Crippen molar-refractivity contribution in [2.75, 3.05) is 33.3 Å². The Balaban J connectivity index is 1.15. The Kier molecular flexibility index (Phi) is 7.91. The van der Waals surface area contributed by atoms with Crippen molar-refractivity contribution in [1.29, 1.82) is 0 Å². The molecule has 2 fully saturated rings. The van der Waals surface area contributed by atoms with Crippen LogP contribution in [0.1, 0.15) is 24.8 Å². The number of carbonyl (C=O) groups excluding carboxylic acids is 1. The molecule has 0 radical (unpaired) electrons. The van der Waals surface area contributed by atoms with Gasteiger partial charge in [-0.25, -0.2) is 8.42 Å². The number of rotatable bonds is 7. The fraction of sp³-hybridized carbons (Fsp3) is 0.423. The van der Waals surface area contributed by atoms with Crippen LogP contribution >= 0.6 is 23.2 Å². The molecule has 3 aliphatic rings. The third-order valence-electron chi connectivity index (χ3n) is 7.24. The lowest BCUT2D eigenvalue weighted by molar-refractivity contribution is -0.120. The van der Waals surface area contributed by atoms with E-state index in [9.17, 15) is 13.2 Å². The maximum atomic E-state index is 13.1. The number of methoxy groups -OCH3 is 1. The normalized spacial score (nSPS) is 21.8. The predicted octanol–water partition coefficient (Wildman–Crippen LogP) is 3.33. The van der Waals surface area contributed by atoms with Gasteiger partial charge in [0.15, 0.2) is 0 Å². The van der Waals surface area contributed by atoms with Crippen LogP contribution in [0.5, 0.6) is 5.75 Å². The quantitative estimate of drug-likeness (QED) is 0.518. The first-order valence-electron chi connectivity index (χ1n) is 12.5. The van der Waals surface area contributed by atoms with Crippen LogP contribution in [-0.2, 0) is 26.2 Å². The van der Waals surface area contributed by atoms with Crippen molar-refractivity contribution in [3.63, 3.8) is 0 Å². The average Bonchev–Trinajstić information content (AvgIpc) is 3.52. The van der Waals surface area contributed by atoms with Gasteiger partial charge in [-0.1, -0.05) is 35.3 Å². The Morgan fingerprint density at radius 3 is 2.74 bits per heavy atom. The fourth-order valence-corrected chi connectivity index (χ4v) is 7.32. The molecule has 2 aromatic carbocycles. The number of likely N-dealkylation sites (tertiary alicyclic amines) is 1. The number of carbonyl (C=O) groups is 1. The van der Waals surface area contributed by atoms with Gasteiger partial charge in [0.05, 0.1) is 12.1 Å². The fourth-order valence-electron chi connectivity index (χ4n) is 5.14. The topological polar surface area (TPSA) is 100 Å². The number of piperidine rings is 1. The molecule has 2 saturated heterocycles. The van der Waals surface area contributed by atoms with Crippen LogP contribution in [0.3, 0.4) is 0 Å². The number of hydrogen-bond acceptors (Lipinski definition) is 7. The summed E-state index contributed by atoms with van der Waals surface area (Å²) in [4.78, 5) is 21.1. The molecule has 204 valence electrons. The van der Waals surface area contributed by atoms with E-state index >= 15 is 0 Å². The Hall–Kier alpha value is -2.34. The molecule has 0 saturated carbocycles. The molecule has 0 aromatic heterocycles. The molecule has 1 spiro atoms. The van der Waals surface area contributed by atoms with E-state index in [1.165, 1.54) is 16.4 Å². The maximum Gasteiger partial charge on any atom is 0.269 e. The molecule has 0 aliphatic carbocycles. The highest BCUT2D eigenvalue weighted by Gasteiger charge is 2.43. The predicted molar refractivity (Wildman–Crippen MR) is 144 cm³/mol. The lowest BCUT2D eigenvalue weighted by Crippen LogP contribution is -2.46. The summed E-state index contributed by atoms with van der Waals surface area (Å²) in [7, 11) is -2.15. The Morgan fingerprint density at radius 2 is 1.97 bits per heavy atom. The molecule has 2 aromatic rings. The van der Waals surface area contributed by atoms with Crippen molar-refractivity contribution in [3.05, 3.63) is 69.8 Å². The number of ether oxygens (including phenoxy) is 1. The van der Waals surface area contributed by atoms with Gasteiger partial charge in [0, 0.05) is 43.8 Å². The van der Waals surface area contributed by atoms with Crippen molar-refractivity contribution >= 4 is 39.1 Å². The Labute approximate surface area is 232 Å². The van der Waals surface area contributed by atoms with E-state index in [2.05, 4.69) is 21.8 Å². The first kappa shape index (κ1) is 27.2. The molecule has 3 heterocycles. The minimum Gasteiger partial charge on any atom is -0.497 e. The molecule has 9 nitrogen and oxygen atoms in total. The maximum absolute atomic E-state index is 13.1. The third-order valence-corrected chi connectivity index (χ3v) is 9.86. The van der Waals surface area contributed by atoms with E-state index in [0.29, 0.717) is 23.6 Å². The van der Waals surface area contributed by atoms with Crippen molar-refractivity contribution in [3.8, 4) is 5.75 Å². The molecular weight excluding hydrogens is 551 g/mol. The highest BCUT2D eigenvalue weighted by molar-refractivity contribution is 7.89. The second-order valence-electron chi connectivity index (χ2n) is 9.85. The standard InChI is InChI=1S/C26H30Cl2N4O5S/c1-36-21-4-2-3-18(13-21)16-31-10-7-20(17-31)29-25(33)23-15-26(37-30-23)8-11-32(12-9-26)38(34,35)24-14-19(27)5-6-22(24)28/h2-6,13-15,20,30H,7-12,16-17H2,1H3,(H,29,33). The van der Waals surface area contributed by atoms with Gasteiger partial charge in [-0.2, -0.15) is 4.31 Å². The van der Waals surface area contributed by atoms with E-state index in [1.54, 1.807) is 19.3 Å². The number of benzene rings is 2. The molecule has 1 atom stereocenters. The van der Waals surface area contributed by atoms with Crippen LogP contribution < -0.4 is 15.5 Å². The molecule has 0 bridgehead atoms. The Bertz CT molecular complexity index is 1340. The van der Waals surface area contributed by atoms with Gasteiger partial charge in [0.1, 0.15) is 21.9 Å².